The number of nitrogen functional groups attached to an aromatic ring is 1. The van der Waals surface area contributed by atoms with Crippen LogP contribution in [0.5, 0.6) is 0 Å². The molecule has 2 aromatic rings. The maximum Gasteiger partial charge on any atom is 0.180 e. The van der Waals surface area contributed by atoms with Crippen LogP contribution in [0.25, 0.3) is 0 Å². The highest BCUT2D eigenvalue weighted by atomic mass is 32.1. The van der Waals surface area contributed by atoms with Crippen molar-refractivity contribution in [3.8, 4) is 0 Å². The fourth-order valence-electron chi connectivity index (χ4n) is 2.02. The van der Waals surface area contributed by atoms with Crippen molar-refractivity contribution < 1.29 is 0 Å². The van der Waals surface area contributed by atoms with E-state index in [9.17, 15) is 0 Å². The Morgan fingerprint density at radius 2 is 2.35 bits per heavy atom. The molecule has 2 N–H and O–H groups in total. The summed E-state index contributed by atoms with van der Waals surface area (Å²) in [5, 5.41) is 10.7. The summed E-state index contributed by atoms with van der Waals surface area (Å²) in [6.45, 7) is 3.89. The largest absolute Gasteiger partial charge is 0.375 e. The molecule has 1 aliphatic heterocycles. The van der Waals surface area contributed by atoms with Crippen LogP contribution in [0.4, 0.5) is 5.13 Å². The first-order chi connectivity index (χ1) is 8.31. The summed E-state index contributed by atoms with van der Waals surface area (Å²) in [6.07, 6.45) is 2.75. The second-order valence-corrected chi connectivity index (χ2v) is 5.03. The molecule has 0 amide bonds. The number of anilines is 1. The van der Waals surface area contributed by atoms with E-state index in [2.05, 4.69) is 24.6 Å². The van der Waals surface area contributed by atoms with Crippen LogP contribution in [-0.2, 0) is 19.5 Å². The lowest BCUT2D eigenvalue weighted by atomic mass is 10.3. The molecular weight excluding hydrogens is 236 g/mol. The summed E-state index contributed by atoms with van der Waals surface area (Å²) < 4.78 is 2.11. The molecule has 1 aliphatic rings. The van der Waals surface area contributed by atoms with Gasteiger partial charge in [-0.3, -0.25) is 4.90 Å². The molecule has 3 heterocycles. The topological polar surface area (TPSA) is 72.9 Å². The highest BCUT2D eigenvalue weighted by Gasteiger charge is 2.17. The Hall–Kier alpha value is -1.47. The van der Waals surface area contributed by atoms with Crippen LogP contribution in [0.3, 0.4) is 0 Å². The first-order valence-corrected chi connectivity index (χ1v) is 6.48. The summed E-state index contributed by atoms with van der Waals surface area (Å²) in [5.74, 6) is 1.05. The predicted molar refractivity (Wildman–Crippen MR) is 65.5 cm³/mol. The van der Waals surface area contributed by atoms with E-state index in [1.54, 1.807) is 6.33 Å². The van der Waals surface area contributed by atoms with Crippen molar-refractivity contribution in [2.45, 2.75) is 19.5 Å². The third-order valence-electron chi connectivity index (χ3n) is 2.97. The van der Waals surface area contributed by atoms with Gasteiger partial charge in [-0.15, -0.1) is 21.5 Å². The Bertz CT molecular complexity index is 504. The van der Waals surface area contributed by atoms with Crippen LogP contribution in [0, 0.1) is 0 Å². The van der Waals surface area contributed by atoms with Crippen molar-refractivity contribution in [2.24, 2.45) is 0 Å². The Morgan fingerprint density at radius 3 is 3.18 bits per heavy atom. The quantitative estimate of drug-likeness (QED) is 0.852. The van der Waals surface area contributed by atoms with E-state index in [1.807, 2.05) is 5.38 Å². The number of rotatable bonds is 3. The average Bonchev–Trinajstić information content (AvgIpc) is 2.94. The number of nitrogens with two attached hydrogens (primary N) is 1. The SMILES string of the molecule is Nc1nc(CCN2CCn3cnnc3C2)cs1. The van der Waals surface area contributed by atoms with Crippen molar-refractivity contribution in [1.82, 2.24) is 24.6 Å². The van der Waals surface area contributed by atoms with E-state index in [4.69, 9.17) is 5.73 Å². The number of hydrogen-bond donors (Lipinski definition) is 1. The van der Waals surface area contributed by atoms with Crippen LogP contribution < -0.4 is 5.73 Å². The van der Waals surface area contributed by atoms with Gasteiger partial charge in [0, 0.05) is 31.4 Å². The summed E-state index contributed by atoms with van der Waals surface area (Å²) >= 11 is 1.50. The molecule has 7 heteroatoms. The lowest BCUT2D eigenvalue weighted by molar-refractivity contribution is 0.219. The van der Waals surface area contributed by atoms with E-state index in [1.165, 1.54) is 11.3 Å². The third kappa shape index (κ3) is 2.29. The minimum Gasteiger partial charge on any atom is -0.375 e. The molecule has 0 atom stereocenters. The molecule has 0 saturated carbocycles. The summed E-state index contributed by atoms with van der Waals surface area (Å²) in [6, 6.07) is 0. The maximum atomic E-state index is 5.61. The standard InChI is InChI=1S/C10H14N6S/c11-10-13-8(6-17-10)1-2-15-3-4-16-7-12-14-9(16)5-15/h6-7H,1-5H2,(H2,11,13). The number of nitrogens with zero attached hydrogens (tertiary/aromatic N) is 5. The first kappa shape index (κ1) is 10.7. The zero-order valence-electron chi connectivity index (χ0n) is 9.41. The number of aromatic nitrogens is 4. The number of thiazole rings is 1. The number of hydrogen-bond acceptors (Lipinski definition) is 6. The molecular formula is C10H14N6S. The summed E-state index contributed by atoms with van der Waals surface area (Å²) in [4.78, 5) is 6.64. The second-order valence-electron chi connectivity index (χ2n) is 4.14. The highest BCUT2D eigenvalue weighted by molar-refractivity contribution is 7.13. The van der Waals surface area contributed by atoms with Gasteiger partial charge in [0.25, 0.3) is 0 Å². The van der Waals surface area contributed by atoms with Gasteiger partial charge in [-0.1, -0.05) is 0 Å². The average molecular weight is 250 g/mol. The fraction of sp³-hybridized carbons (Fsp3) is 0.500. The van der Waals surface area contributed by atoms with Gasteiger partial charge >= 0.3 is 0 Å². The van der Waals surface area contributed by atoms with Crippen molar-refractivity contribution in [2.75, 3.05) is 18.8 Å². The van der Waals surface area contributed by atoms with Crippen LogP contribution in [0.2, 0.25) is 0 Å². The minimum absolute atomic E-state index is 0.651. The van der Waals surface area contributed by atoms with Crippen LogP contribution >= 0.6 is 11.3 Å². The number of fused-ring (bicyclic) bond motifs is 1. The van der Waals surface area contributed by atoms with E-state index in [-0.39, 0.29) is 0 Å². The molecule has 0 spiro atoms. The monoisotopic (exact) mass is 250 g/mol. The Morgan fingerprint density at radius 1 is 1.41 bits per heavy atom. The van der Waals surface area contributed by atoms with Crippen molar-refractivity contribution >= 4 is 16.5 Å². The molecule has 0 aliphatic carbocycles. The van der Waals surface area contributed by atoms with Crippen molar-refractivity contribution in [3.05, 3.63) is 23.2 Å². The fourth-order valence-corrected chi connectivity index (χ4v) is 2.61. The zero-order chi connectivity index (χ0) is 11.7. The van der Waals surface area contributed by atoms with Crippen LogP contribution in [-0.4, -0.2) is 37.7 Å². The molecule has 0 bridgehead atoms. The predicted octanol–water partition coefficient (Wildman–Crippen LogP) is 0.375. The Balaban J connectivity index is 1.57. The Kier molecular flexibility index (Phi) is 2.77. The van der Waals surface area contributed by atoms with Crippen molar-refractivity contribution in [3.63, 3.8) is 0 Å². The zero-order valence-corrected chi connectivity index (χ0v) is 10.2. The normalized spacial score (nSPS) is 16.0. The van der Waals surface area contributed by atoms with Crippen molar-refractivity contribution in [1.29, 1.82) is 0 Å². The molecule has 2 aromatic heterocycles. The third-order valence-corrected chi connectivity index (χ3v) is 3.69. The van der Waals surface area contributed by atoms with Gasteiger partial charge in [0.1, 0.15) is 12.2 Å². The molecule has 0 unspecified atom stereocenters. The van der Waals surface area contributed by atoms with Gasteiger partial charge in [-0.05, 0) is 0 Å². The molecule has 90 valence electrons. The first-order valence-electron chi connectivity index (χ1n) is 5.60. The molecule has 0 radical (unpaired) electrons. The molecule has 6 nitrogen and oxygen atoms in total. The second kappa shape index (κ2) is 4.42. The van der Waals surface area contributed by atoms with Gasteiger partial charge in [-0.2, -0.15) is 0 Å². The van der Waals surface area contributed by atoms with Gasteiger partial charge in [-0.25, -0.2) is 4.98 Å². The lowest BCUT2D eigenvalue weighted by Gasteiger charge is -2.26. The summed E-state index contributed by atoms with van der Waals surface area (Å²) in [5.41, 5.74) is 6.69. The van der Waals surface area contributed by atoms with Gasteiger partial charge in [0.15, 0.2) is 5.13 Å². The smallest absolute Gasteiger partial charge is 0.180 e. The van der Waals surface area contributed by atoms with Crippen LogP contribution in [0.1, 0.15) is 11.5 Å². The highest BCUT2D eigenvalue weighted by Crippen LogP contribution is 2.13. The van der Waals surface area contributed by atoms with E-state index in [0.717, 1.165) is 44.1 Å². The molecule has 3 rings (SSSR count). The van der Waals surface area contributed by atoms with E-state index < -0.39 is 0 Å². The molecule has 0 aromatic carbocycles. The van der Waals surface area contributed by atoms with E-state index >= 15 is 0 Å². The van der Waals surface area contributed by atoms with Gasteiger partial charge in [0.2, 0.25) is 0 Å². The minimum atomic E-state index is 0.651. The molecule has 0 saturated heterocycles. The lowest BCUT2D eigenvalue weighted by Crippen LogP contribution is -2.35. The Labute approximate surface area is 103 Å². The van der Waals surface area contributed by atoms with E-state index in [0.29, 0.717) is 5.13 Å². The van der Waals surface area contributed by atoms with Gasteiger partial charge < -0.3 is 10.3 Å². The molecule has 17 heavy (non-hydrogen) atoms. The van der Waals surface area contributed by atoms with Gasteiger partial charge in [0.05, 0.1) is 12.2 Å². The summed E-state index contributed by atoms with van der Waals surface area (Å²) in [7, 11) is 0. The van der Waals surface area contributed by atoms with Crippen LogP contribution in [0.15, 0.2) is 11.7 Å². The molecule has 0 fully saturated rings. The maximum absolute atomic E-state index is 5.61.